The van der Waals surface area contributed by atoms with Crippen molar-refractivity contribution in [2.24, 2.45) is 0 Å². The average Bonchev–Trinajstić information content (AvgIpc) is 3.25. The molecule has 0 aliphatic carbocycles. The lowest BCUT2D eigenvalue weighted by atomic mass is 10.1. The standard InChI is InChI=1S/C23H16N2O4/c26-23(24-19-10-6-17(7-11-19)16-4-2-1-3-5-16)22-15-14-21(29-22)18-8-12-20(13-9-18)25(27)28/h1-15H,(H,24,26). The van der Waals surface area contributed by atoms with Gasteiger partial charge in [0, 0.05) is 23.4 Å². The molecule has 6 heteroatoms. The molecule has 1 N–H and O–H groups in total. The molecule has 1 heterocycles. The molecule has 0 bridgehead atoms. The maximum atomic E-state index is 12.5. The second kappa shape index (κ2) is 7.82. The molecular formula is C23H16N2O4. The van der Waals surface area contributed by atoms with E-state index in [0.29, 0.717) is 17.0 Å². The number of anilines is 1. The summed E-state index contributed by atoms with van der Waals surface area (Å²) in [5, 5.41) is 13.6. The number of rotatable bonds is 5. The van der Waals surface area contributed by atoms with Crippen molar-refractivity contribution in [1.29, 1.82) is 0 Å². The number of hydrogen-bond donors (Lipinski definition) is 1. The number of carbonyl (C=O) groups excluding carboxylic acids is 1. The number of nitro benzene ring substituents is 1. The van der Waals surface area contributed by atoms with Crippen molar-refractivity contribution in [2.45, 2.75) is 0 Å². The third-order valence-electron chi connectivity index (χ3n) is 4.44. The molecule has 0 aliphatic rings. The zero-order valence-corrected chi connectivity index (χ0v) is 15.2. The molecule has 3 aromatic carbocycles. The van der Waals surface area contributed by atoms with Crippen molar-refractivity contribution in [3.8, 4) is 22.5 Å². The molecule has 0 unspecified atom stereocenters. The minimum absolute atomic E-state index is 0.00257. The molecule has 142 valence electrons. The van der Waals surface area contributed by atoms with Crippen LogP contribution < -0.4 is 5.32 Å². The lowest BCUT2D eigenvalue weighted by molar-refractivity contribution is -0.384. The van der Waals surface area contributed by atoms with Gasteiger partial charge in [0.1, 0.15) is 5.76 Å². The number of hydrogen-bond acceptors (Lipinski definition) is 4. The van der Waals surface area contributed by atoms with Gasteiger partial charge in [-0.25, -0.2) is 0 Å². The Hall–Kier alpha value is -4.19. The summed E-state index contributed by atoms with van der Waals surface area (Å²) in [5.41, 5.74) is 3.47. The quantitative estimate of drug-likeness (QED) is 0.349. The van der Waals surface area contributed by atoms with Gasteiger partial charge < -0.3 is 9.73 Å². The highest BCUT2D eigenvalue weighted by Gasteiger charge is 2.13. The van der Waals surface area contributed by atoms with Gasteiger partial charge >= 0.3 is 0 Å². The molecule has 0 fully saturated rings. The van der Waals surface area contributed by atoms with Crippen LogP contribution in [0.5, 0.6) is 0 Å². The molecule has 29 heavy (non-hydrogen) atoms. The molecule has 0 saturated carbocycles. The van der Waals surface area contributed by atoms with Crippen LogP contribution in [0, 0.1) is 10.1 Å². The zero-order chi connectivity index (χ0) is 20.2. The Morgan fingerprint density at radius 2 is 1.38 bits per heavy atom. The van der Waals surface area contributed by atoms with Gasteiger partial charge in [-0.2, -0.15) is 0 Å². The summed E-state index contributed by atoms with van der Waals surface area (Å²) in [6.07, 6.45) is 0. The first-order valence-electron chi connectivity index (χ1n) is 8.92. The van der Waals surface area contributed by atoms with Crippen LogP contribution in [0.4, 0.5) is 11.4 Å². The lowest BCUT2D eigenvalue weighted by Gasteiger charge is -2.06. The predicted molar refractivity (Wildman–Crippen MR) is 111 cm³/mol. The third kappa shape index (κ3) is 4.06. The van der Waals surface area contributed by atoms with E-state index in [0.717, 1.165) is 11.1 Å². The molecule has 0 saturated heterocycles. The number of non-ortho nitro benzene ring substituents is 1. The van der Waals surface area contributed by atoms with Gasteiger partial charge in [0.2, 0.25) is 0 Å². The van der Waals surface area contributed by atoms with Crippen molar-refractivity contribution in [3.63, 3.8) is 0 Å². The third-order valence-corrected chi connectivity index (χ3v) is 4.44. The second-order valence-electron chi connectivity index (χ2n) is 6.37. The summed E-state index contributed by atoms with van der Waals surface area (Å²) in [5.74, 6) is 0.251. The van der Waals surface area contributed by atoms with E-state index in [1.54, 1.807) is 24.3 Å². The maximum Gasteiger partial charge on any atom is 0.291 e. The first-order valence-corrected chi connectivity index (χ1v) is 8.92. The SMILES string of the molecule is O=C(Nc1ccc(-c2ccccc2)cc1)c1ccc(-c2ccc([N+](=O)[O-])cc2)o1. The number of nitrogens with zero attached hydrogens (tertiary/aromatic N) is 1. The summed E-state index contributed by atoms with van der Waals surface area (Å²) >= 11 is 0. The Morgan fingerprint density at radius 1 is 0.759 bits per heavy atom. The van der Waals surface area contributed by atoms with E-state index in [4.69, 9.17) is 4.42 Å². The zero-order valence-electron chi connectivity index (χ0n) is 15.2. The van der Waals surface area contributed by atoms with Gasteiger partial charge in [-0.1, -0.05) is 42.5 Å². The van der Waals surface area contributed by atoms with E-state index in [9.17, 15) is 14.9 Å². The number of carbonyl (C=O) groups is 1. The van der Waals surface area contributed by atoms with Crippen molar-refractivity contribution in [1.82, 2.24) is 0 Å². The van der Waals surface area contributed by atoms with Gasteiger partial charge in [-0.3, -0.25) is 14.9 Å². The highest BCUT2D eigenvalue weighted by molar-refractivity contribution is 6.02. The number of nitro groups is 1. The van der Waals surface area contributed by atoms with Gasteiger partial charge in [0.05, 0.1) is 4.92 Å². The molecule has 4 aromatic rings. The van der Waals surface area contributed by atoms with E-state index in [1.165, 1.54) is 12.1 Å². The van der Waals surface area contributed by atoms with E-state index in [2.05, 4.69) is 5.32 Å². The fourth-order valence-electron chi connectivity index (χ4n) is 2.93. The molecule has 1 amide bonds. The summed E-state index contributed by atoms with van der Waals surface area (Å²) in [6, 6.07) is 26.7. The Labute approximate surface area is 166 Å². The second-order valence-corrected chi connectivity index (χ2v) is 6.37. The molecule has 0 spiro atoms. The van der Waals surface area contributed by atoms with Crippen molar-refractivity contribution < 1.29 is 14.1 Å². The minimum Gasteiger partial charge on any atom is -0.451 e. The van der Waals surface area contributed by atoms with Gasteiger partial charge in [0.15, 0.2) is 5.76 Å². The maximum absolute atomic E-state index is 12.5. The number of benzene rings is 3. The molecular weight excluding hydrogens is 368 g/mol. The fourth-order valence-corrected chi connectivity index (χ4v) is 2.93. The first kappa shape index (κ1) is 18.2. The largest absolute Gasteiger partial charge is 0.451 e. The monoisotopic (exact) mass is 384 g/mol. The smallest absolute Gasteiger partial charge is 0.291 e. The van der Waals surface area contributed by atoms with Crippen LogP contribution in [0.15, 0.2) is 95.4 Å². The number of furan rings is 1. The van der Waals surface area contributed by atoms with Crippen LogP contribution in [0.2, 0.25) is 0 Å². The molecule has 4 rings (SSSR count). The van der Waals surface area contributed by atoms with E-state index in [-0.39, 0.29) is 17.4 Å². The Morgan fingerprint density at radius 3 is 2.03 bits per heavy atom. The summed E-state index contributed by atoms with van der Waals surface area (Å²) < 4.78 is 5.62. The summed E-state index contributed by atoms with van der Waals surface area (Å²) in [7, 11) is 0. The summed E-state index contributed by atoms with van der Waals surface area (Å²) in [6.45, 7) is 0. The van der Waals surface area contributed by atoms with Crippen LogP contribution in [0.1, 0.15) is 10.6 Å². The van der Waals surface area contributed by atoms with Crippen molar-refractivity contribution in [2.75, 3.05) is 5.32 Å². The van der Waals surface area contributed by atoms with Crippen LogP contribution in [0.25, 0.3) is 22.5 Å². The highest BCUT2D eigenvalue weighted by Crippen LogP contribution is 2.25. The van der Waals surface area contributed by atoms with E-state index in [1.807, 2.05) is 54.6 Å². The van der Waals surface area contributed by atoms with E-state index < -0.39 is 4.92 Å². The Balaban J connectivity index is 1.46. The number of nitrogens with one attached hydrogen (secondary N) is 1. The topological polar surface area (TPSA) is 85.4 Å². The van der Waals surface area contributed by atoms with Crippen molar-refractivity contribution in [3.05, 3.63) is 107 Å². The molecule has 0 radical (unpaired) electrons. The Kier molecular flexibility index (Phi) is 4.90. The van der Waals surface area contributed by atoms with Crippen LogP contribution in [-0.4, -0.2) is 10.8 Å². The lowest BCUT2D eigenvalue weighted by Crippen LogP contribution is -2.10. The number of amides is 1. The molecule has 1 aromatic heterocycles. The van der Waals surface area contributed by atoms with Gasteiger partial charge in [-0.15, -0.1) is 0 Å². The molecule has 0 atom stereocenters. The van der Waals surface area contributed by atoms with Crippen LogP contribution in [0.3, 0.4) is 0 Å². The van der Waals surface area contributed by atoms with Crippen LogP contribution >= 0.6 is 0 Å². The Bertz CT molecular complexity index is 1150. The average molecular weight is 384 g/mol. The van der Waals surface area contributed by atoms with Crippen LogP contribution in [-0.2, 0) is 0 Å². The molecule has 6 nitrogen and oxygen atoms in total. The van der Waals surface area contributed by atoms with Gasteiger partial charge in [-0.05, 0) is 47.5 Å². The van der Waals surface area contributed by atoms with E-state index >= 15 is 0 Å². The fraction of sp³-hybridized carbons (Fsp3) is 0. The summed E-state index contributed by atoms with van der Waals surface area (Å²) in [4.78, 5) is 22.7. The normalized spacial score (nSPS) is 10.5. The molecule has 0 aliphatic heterocycles. The minimum atomic E-state index is -0.464. The predicted octanol–water partition coefficient (Wildman–Crippen LogP) is 5.77. The van der Waals surface area contributed by atoms with Gasteiger partial charge in [0.25, 0.3) is 11.6 Å². The van der Waals surface area contributed by atoms with Crippen molar-refractivity contribution >= 4 is 17.3 Å². The highest BCUT2D eigenvalue weighted by atomic mass is 16.6. The first-order chi connectivity index (χ1) is 14.1.